The monoisotopic (exact) mass is 318 g/mol. The van der Waals surface area contributed by atoms with E-state index in [4.69, 9.17) is 16.0 Å². The molecule has 1 saturated heterocycles. The van der Waals surface area contributed by atoms with Gasteiger partial charge in [-0.15, -0.1) is 0 Å². The van der Waals surface area contributed by atoms with Gasteiger partial charge in [-0.1, -0.05) is 23.7 Å². The van der Waals surface area contributed by atoms with E-state index >= 15 is 0 Å². The number of rotatable bonds is 3. The molecule has 1 aliphatic rings. The summed E-state index contributed by atoms with van der Waals surface area (Å²) < 4.78 is 5.26. The summed E-state index contributed by atoms with van der Waals surface area (Å²) in [5, 5.41) is 3.23. The molecular weight excluding hydrogens is 304 g/mol. The quantitative estimate of drug-likeness (QED) is 0.946. The van der Waals surface area contributed by atoms with Gasteiger partial charge in [0.05, 0.1) is 10.7 Å². The summed E-state index contributed by atoms with van der Waals surface area (Å²) in [5.41, 5.74) is 0.666. The lowest BCUT2D eigenvalue weighted by molar-refractivity contribution is -0.118. The van der Waals surface area contributed by atoms with Crippen LogP contribution in [0.25, 0.3) is 0 Å². The van der Waals surface area contributed by atoms with Gasteiger partial charge >= 0.3 is 0 Å². The number of furan rings is 1. The number of nitrogens with zero attached hydrogens (tertiary/aromatic N) is 1. The van der Waals surface area contributed by atoms with E-state index in [1.807, 2.05) is 12.1 Å². The molecule has 1 fully saturated rings. The number of hydrogen-bond donors (Lipinski definition) is 1. The van der Waals surface area contributed by atoms with Gasteiger partial charge in [0.25, 0.3) is 5.91 Å². The summed E-state index contributed by atoms with van der Waals surface area (Å²) in [6, 6.07) is 9.91. The highest BCUT2D eigenvalue weighted by Crippen LogP contribution is 2.29. The van der Waals surface area contributed by atoms with Crippen molar-refractivity contribution in [2.75, 3.05) is 11.4 Å². The second-order valence-corrected chi connectivity index (χ2v) is 5.57. The van der Waals surface area contributed by atoms with Crippen molar-refractivity contribution in [3.05, 3.63) is 52.9 Å². The normalized spacial score (nSPS) is 17.8. The highest BCUT2D eigenvalue weighted by atomic mass is 35.5. The Bertz CT molecular complexity index is 726. The third kappa shape index (κ3) is 2.72. The maximum atomic E-state index is 12.5. The topological polar surface area (TPSA) is 62.6 Å². The van der Waals surface area contributed by atoms with Gasteiger partial charge in [0.15, 0.2) is 5.76 Å². The summed E-state index contributed by atoms with van der Waals surface area (Å²) in [4.78, 5) is 26.1. The van der Waals surface area contributed by atoms with Gasteiger partial charge in [0.1, 0.15) is 11.8 Å². The van der Waals surface area contributed by atoms with E-state index in [-0.39, 0.29) is 17.6 Å². The Morgan fingerprint density at radius 2 is 2.09 bits per heavy atom. The Kier molecular flexibility index (Phi) is 3.90. The lowest BCUT2D eigenvalue weighted by Crippen LogP contribution is -2.41. The number of halogens is 1. The van der Waals surface area contributed by atoms with Gasteiger partial charge in [-0.2, -0.15) is 0 Å². The molecule has 5 nitrogen and oxygen atoms in total. The molecule has 0 radical (unpaired) electrons. The first-order chi connectivity index (χ1) is 10.6. The average molecular weight is 319 g/mol. The van der Waals surface area contributed by atoms with Crippen molar-refractivity contribution in [1.29, 1.82) is 0 Å². The highest BCUT2D eigenvalue weighted by molar-refractivity contribution is 6.34. The molecule has 0 spiro atoms. The van der Waals surface area contributed by atoms with Gasteiger partial charge in [0, 0.05) is 6.54 Å². The molecular formula is C16H15ClN2O3. The Balaban J connectivity index is 1.72. The number of nitrogens with one attached hydrogen (secondary N) is 1. The van der Waals surface area contributed by atoms with E-state index < -0.39 is 6.04 Å². The summed E-state index contributed by atoms with van der Waals surface area (Å²) in [5.74, 6) is 0.319. The van der Waals surface area contributed by atoms with Crippen molar-refractivity contribution in [2.45, 2.75) is 19.4 Å². The van der Waals surface area contributed by atoms with Crippen LogP contribution in [0.15, 0.2) is 40.8 Å². The molecule has 1 aromatic heterocycles. The Morgan fingerprint density at radius 3 is 2.77 bits per heavy atom. The molecule has 3 rings (SSSR count). The molecule has 1 N–H and O–H groups in total. The molecule has 2 aromatic rings. The third-order valence-corrected chi connectivity index (χ3v) is 3.94. The predicted molar refractivity (Wildman–Crippen MR) is 83.1 cm³/mol. The zero-order valence-corrected chi connectivity index (χ0v) is 12.8. The van der Waals surface area contributed by atoms with Crippen LogP contribution < -0.4 is 10.2 Å². The van der Waals surface area contributed by atoms with Crippen molar-refractivity contribution in [1.82, 2.24) is 5.32 Å². The number of benzene rings is 1. The van der Waals surface area contributed by atoms with E-state index in [2.05, 4.69) is 5.32 Å². The molecule has 0 bridgehead atoms. The van der Waals surface area contributed by atoms with Crippen molar-refractivity contribution in [3.8, 4) is 0 Å². The zero-order valence-electron chi connectivity index (χ0n) is 12.0. The van der Waals surface area contributed by atoms with Crippen LogP contribution in [0.4, 0.5) is 5.69 Å². The lowest BCUT2D eigenvalue weighted by atomic mass is 10.2. The molecule has 22 heavy (non-hydrogen) atoms. The fraction of sp³-hybridized carbons (Fsp3) is 0.250. The Labute approximate surface area is 132 Å². The Morgan fingerprint density at radius 1 is 1.32 bits per heavy atom. The standard InChI is InChI=1S/C16H15ClN2O3/c1-10-6-7-14(22-10)15(20)18-12-8-9-19(16(12)21)13-5-3-2-4-11(13)17/h2-7,12H,8-9H2,1H3,(H,18,20)/t12-/m1/s1. The average Bonchev–Trinajstić information content (AvgIpc) is 3.07. The molecule has 0 saturated carbocycles. The molecule has 2 amide bonds. The minimum absolute atomic E-state index is 0.162. The van der Waals surface area contributed by atoms with Gasteiger partial charge in [0.2, 0.25) is 5.91 Å². The smallest absolute Gasteiger partial charge is 0.287 e. The van der Waals surface area contributed by atoms with E-state index in [0.717, 1.165) is 0 Å². The molecule has 6 heteroatoms. The molecule has 1 aliphatic heterocycles. The van der Waals surface area contributed by atoms with Crippen molar-refractivity contribution < 1.29 is 14.0 Å². The number of aryl methyl sites for hydroxylation is 1. The Hall–Kier alpha value is -2.27. The van der Waals surface area contributed by atoms with Crippen molar-refractivity contribution in [3.63, 3.8) is 0 Å². The maximum Gasteiger partial charge on any atom is 0.287 e. The summed E-state index contributed by atoms with van der Waals surface area (Å²) in [6.45, 7) is 2.28. The van der Waals surface area contributed by atoms with Crippen molar-refractivity contribution in [2.24, 2.45) is 0 Å². The lowest BCUT2D eigenvalue weighted by Gasteiger charge is -2.18. The second-order valence-electron chi connectivity index (χ2n) is 5.17. The van der Waals surface area contributed by atoms with E-state index in [1.54, 1.807) is 36.1 Å². The number of amides is 2. The van der Waals surface area contributed by atoms with Crippen LogP contribution in [0.5, 0.6) is 0 Å². The highest BCUT2D eigenvalue weighted by Gasteiger charge is 2.34. The molecule has 2 heterocycles. The van der Waals surface area contributed by atoms with Crippen LogP contribution in [0.2, 0.25) is 5.02 Å². The van der Waals surface area contributed by atoms with Gasteiger partial charge in [-0.25, -0.2) is 0 Å². The number of carbonyl (C=O) groups is 2. The van der Waals surface area contributed by atoms with E-state index in [0.29, 0.717) is 29.4 Å². The second kappa shape index (κ2) is 5.85. The van der Waals surface area contributed by atoms with Gasteiger partial charge in [-0.3, -0.25) is 9.59 Å². The fourth-order valence-corrected chi connectivity index (χ4v) is 2.75. The summed E-state index contributed by atoms with van der Waals surface area (Å²) >= 11 is 6.13. The van der Waals surface area contributed by atoms with Crippen LogP contribution in [0.3, 0.4) is 0 Å². The summed E-state index contributed by atoms with van der Waals surface area (Å²) in [6.07, 6.45) is 0.537. The minimum Gasteiger partial charge on any atom is -0.456 e. The van der Waals surface area contributed by atoms with E-state index in [1.165, 1.54) is 0 Å². The number of para-hydroxylation sites is 1. The van der Waals surface area contributed by atoms with Crippen LogP contribution in [0, 0.1) is 6.92 Å². The van der Waals surface area contributed by atoms with Gasteiger partial charge in [-0.05, 0) is 37.6 Å². The molecule has 0 unspecified atom stereocenters. The first kappa shape index (κ1) is 14.7. The third-order valence-electron chi connectivity index (χ3n) is 3.62. The number of anilines is 1. The number of carbonyl (C=O) groups excluding carboxylic acids is 2. The van der Waals surface area contributed by atoms with Crippen LogP contribution in [-0.2, 0) is 4.79 Å². The summed E-state index contributed by atoms with van der Waals surface area (Å²) in [7, 11) is 0. The van der Waals surface area contributed by atoms with Crippen molar-refractivity contribution >= 4 is 29.1 Å². The molecule has 1 aromatic carbocycles. The fourth-order valence-electron chi connectivity index (χ4n) is 2.51. The van der Waals surface area contributed by atoms with Gasteiger partial charge < -0.3 is 14.6 Å². The minimum atomic E-state index is -0.561. The SMILES string of the molecule is Cc1ccc(C(=O)N[C@@H]2CCN(c3ccccc3Cl)C2=O)o1. The van der Waals surface area contributed by atoms with Crippen LogP contribution >= 0.6 is 11.6 Å². The molecule has 0 aliphatic carbocycles. The largest absolute Gasteiger partial charge is 0.456 e. The van der Waals surface area contributed by atoms with Crippen LogP contribution in [-0.4, -0.2) is 24.4 Å². The zero-order chi connectivity index (χ0) is 15.7. The first-order valence-electron chi connectivity index (χ1n) is 6.99. The van der Waals surface area contributed by atoms with E-state index in [9.17, 15) is 9.59 Å². The number of hydrogen-bond acceptors (Lipinski definition) is 3. The molecule has 1 atom stereocenters. The van der Waals surface area contributed by atoms with Crippen LogP contribution in [0.1, 0.15) is 22.7 Å². The first-order valence-corrected chi connectivity index (χ1v) is 7.37. The maximum absolute atomic E-state index is 12.5. The predicted octanol–water partition coefficient (Wildman–Crippen LogP) is 2.78. The molecule has 114 valence electrons.